The van der Waals surface area contributed by atoms with Gasteiger partial charge in [-0.1, -0.05) is 20.3 Å². The van der Waals surface area contributed by atoms with Crippen molar-refractivity contribution in [1.82, 2.24) is 4.90 Å². The normalized spacial score (nSPS) is 23.5. The third-order valence-electron chi connectivity index (χ3n) is 2.89. The average molecular weight is 211 g/mol. The van der Waals surface area contributed by atoms with Gasteiger partial charge in [0.1, 0.15) is 5.84 Å². The molecule has 86 valence electrons. The molecule has 2 amide bonds. The Kier molecular flexibility index (Phi) is 3.72. The van der Waals surface area contributed by atoms with Gasteiger partial charge in [0.15, 0.2) is 0 Å². The van der Waals surface area contributed by atoms with Gasteiger partial charge < -0.3 is 10.6 Å². The SMILES string of the molecule is CCCC(C)C1C(N)=NC(=O)N1C(C)C. The molecule has 1 heterocycles. The molecular weight excluding hydrogens is 190 g/mol. The first-order valence-electron chi connectivity index (χ1n) is 5.65. The molecule has 0 saturated heterocycles. The molecule has 1 rings (SSSR count). The van der Waals surface area contributed by atoms with Crippen LogP contribution in [0.2, 0.25) is 0 Å². The van der Waals surface area contributed by atoms with Crippen LogP contribution in [0.15, 0.2) is 4.99 Å². The number of amides is 2. The zero-order valence-corrected chi connectivity index (χ0v) is 10.0. The molecule has 0 fully saturated rings. The average Bonchev–Trinajstić information content (AvgIpc) is 2.41. The Labute approximate surface area is 91.5 Å². The number of amidine groups is 1. The number of carbonyl (C=O) groups excluding carboxylic acids is 1. The van der Waals surface area contributed by atoms with Crippen LogP contribution in [-0.4, -0.2) is 28.9 Å². The summed E-state index contributed by atoms with van der Waals surface area (Å²) >= 11 is 0. The number of hydrogen-bond acceptors (Lipinski definition) is 2. The van der Waals surface area contributed by atoms with E-state index in [4.69, 9.17) is 5.73 Å². The van der Waals surface area contributed by atoms with Gasteiger partial charge in [0.2, 0.25) is 0 Å². The molecule has 0 aliphatic carbocycles. The minimum atomic E-state index is -0.185. The summed E-state index contributed by atoms with van der Waals surface area (Å²) in [5, 5.41) is 0. The topological polar surface area (TPSA) is 58.7 Å². The second-order valence-corrected chi connectivity index (χ2v) is 4.53. The zero-order valence-electron chi connectivity index (χ0n) is 10.0. The van der Waals surface area contributed by atoms with E-state index in [-0.39, 0.29) is 18.1 Å². The van der Waals surface area contributed by atoms with Crippen LogP contribution in [0.5, 0.6) is 0 Å². The molecule has 2 atom stereocenters. The van der Waals surface area contributed by atoms with Gasteiger partial charge in [-0.05, 0) is 26.2 Å². The van der Waals surface area contributed by atoms with Gasteiger partial charge in [0.05, 0.1) is 6.04 Å². The molecule has 2 unspecified atom stereocenters. The summed E-state index contributed by atoms with van der Waals surface area (Å²) in [7, 11) is 0. The van der Waals surface area contributed by atoms with Gasteiger partial charge in [0, 0.05) is 6.04 Å². The Bertz CT molecular complexity index is 273. The molecule has 1 aliphatic heterocycles. The molecule has 4 nitrogen and oxygen atoms in total. The molecule has 0 aromatic rings. The quantitative estimate of drug-likeness (QED) is 0.773. The van der Waals surface area contributed by atoms with Gasteiger partial charge in [-0.25, -0.2) is 4.79 Å². The first kappa shape index (κ1) is 12.0. The fourth-order valence-electron chi connectivity index (χ4n) is 2.22. The summed E-state index contributed by atoms with van der Waals surface area (Å²) in [5.41, 5.74) is 5.82. The minimum absolute atomic E-state index is 0.00236. The summed E-state index contributed by atoms with van der Waals surface area (Å²) < 4.78 is 0. The summed E-state index contributed by atoms with van der Waals surface area (Å²) in [5.74, 6) is 0.863. The summed E-state index contributed by atoms with van der Waals surface area (Å²) in [6.45, 7) is 8.26. The fraction of sp³-hybridized carbons (Fsp3) is 0.818. The van der Waals surface area contributed by atoms with Crippen LogP contribution < -0.4 is 5.73 Å². The Morgan fingerprint density at radius 1 is 1.47 bits per heavy atom. The van der Waals surface area contributed by atoms with E-state index in [1.165, 1.54) is 0 Å². The highest BCUT2D eigenvalue weighted by Crippen LogP contribution is 2.24. The molecule has 0 aromatic heterocycles. The predicted molar refractivity (Wildman–Crippen MR) is 61.9 cm³/mol. The first-order valence-corrected chi connectivity index (χ1v) is 5.65. The Morgan fingerprint density at radius 3 is 2.53 bits per heavy atom. The number of carbonyl (C=O) groups is 1. The lowest BCUT2D eigenvalue weighted by Crippen LogP contribution is -2.48. The van der Waals surface area contributed by atoms with E-state index in [0.717, 1.165) is 12.8 Å². The van der Waals surface area contributed by atoms with Crippen molar-refractivity contribution in [2.75, 3.05) is 0 Å². The van der Waals surface area contributed by atoms with Crippen molar-refractivity contribution in [3.05, 3.63) is 0 Å². The van der Waals surface area contributed by atoms with E-state index in [2.05, 4.69) is 18.8 Å². The van der Waals surface area contributed by atoms with Gasteiger partial charge in [-0.15, -0.1) is 0 Å². The monoisotopic (exact) mass is 211 g/mol. The van der Waals surface area contributed by atoms with Gasteiger partial charge in [-0.3, -0.25) is 0 Å². The van der Waals surface area contributed by atoms with Crippen LogP contribution in [0.4, 0.5) is 4.79 Å². The number of nitrogens with zero attached hydrogens (tertiary/aromatic N) is 2. The highest BCUT2D eigenvalue weighted by atomic mass is 16.2. The third-order valence-corrected chi connectivity index (χ3v) is 2.89. The molecular formula is C11H21N3O. The number of nitrogens with two attached hydrogens (primary N) is 1. The lowest BCUT2D eigenvalue weighted by Gasteiger charge is -2.31. The van der Waals surface area contributed by atoms with E-state index < -0.39 is 0 Å². The first-order chi connectivity index (χ1) is 6.99. The smallest absolute Gasteiger partial charge is 0.346 e. The molecule has 0 radical (unpaired) electrons. The number of aliphatic imine (C=N–C) groups is 1. The van der Waals surface area contributed by atoms with Crippen molar-refractivity contribution in [2.45, 2.75) is 52.6 Å². The Morgan fingerprint density at radius 2 is 2.07 bits per heavy atom. The summed E-state index contributed by atoms with van der Waals surface area (Å²) in [6.07, 6.45) is 2.17. The lowest BCUT2D eigenvalue weighted by atomic mass is 9.95. The fourth-order valence-corrected chi connectivity index (χ4v) is 2.22. The highest BCUT2D eigenvalue weighted by molar-refractivity contribution is 6.03. The zero-order chi connectivity index (χ0) is 11.6. The maximum absolute atomic E-state index is 11.6. The van der Waals surface area contributed by atoms with E-state index in [1.54, 1.807) is 4.90 Å². The predicted octanol–water partition coefficient (Wildman–Crippen LogP) is 1.99. The van der Waals surface area contributed by atoms with Crippen LogP contribution in [-0.2, 0) is 0 Å². The van der Waals surface area contributed by atoms with E-state index >= 15 is 0 Å². The van der Waals surface area contributed by atoms with Crippen LogP contribution in [0.3, 0.4) is 0 Å². The second kappa shape index (κ2) is 4.64. The molecule has 0 aromatic carbocycles. The molecule has 0 saturated carbocycles. The van der Waals surface area contributed by atoms with E-state index in [9.17, 15) is 4.79 Å². The maximum Gasteiger partial charge on any atom is 0.346 e. The van der Waals surface area contributed by atoms with Crippen molar-refractivity contribution in [2.24, 2.45) is 16.6 Å². The maximum atomic E-state index is 11.6. The largest absolute Gasteiger partial charge is 0.385 e. The molecule has 1 aliphatic rings. The standard InChI is InChI=1S/C11H21N3O/c1-5-6-8(4)9-10(12)13-11(15)14(9)7(2)3/h7-9H,5-6H2,1-4H3,(H2,12,13,15). The Balaban J connectivity index is 2.84. The van der Waals surface area contributed by atoms with Crippen LogP contribution >= 0.6 is 0 Å². The number of rotatable bonds is 4. The number of hydrogen-bond donors (Lipinski definition) is 1. The van der Waals surface area contributed by atoms with E-state index in [1.807, 2.05) is 13.8 Å². The molecule has 0 bridgehead atoms. The van der Waals surface area contributed by atoms with Gasteiger partial charge in [-0.2, -0.15) is 4.99 Å². The van der Waals surface area contributed by atoms with Crippen LogP contribution in [0.1, 0.15) is 40.5 Å². The molecule has 2 N–H and O–H groups in total. The van der Waals surface area contributed by atoms with Crippen molar-refractivity contribution >= 4 is 11.9 Å². The third kappa shape index (κ3) is 2.30. The molecule has 15 heavy (non-hydrogen) atoms. The number of urea groups is 1. The van der Waals surface area contributed by atoms with Crippen LogP contribution in [0, 0.1) is 5.92 Å². The molecule has 4 heteroatoms. The van der Waals surface area contributed by atoms with Crippen molar-refractivity contribution in [3.63, 3.8) is 0 Å². The van der Waals surface area contributed by atoms with Gasteiger partial charge in [0.25, 0.3) is 0 Å². The van der Waals surface area contributed by atoms with Crippen molar-refractivity contribution in [1.29, 1.82) is 0 Å². The van der Waals surface area contributed by atoms with Crippen molar-refractivity contribution < 1.29 is 4.79 Å². The van der Waals surface area contributed by atoms with Gasteiger partial charge >= 0.3 is 6.03 Å². The highest BCUT2D eigenvalue weighted by Gasteiger charge is 2.37. The van der Waals surface area contributed by atoms with Crippen LogP contribution in [0.25, 0.3) is 0 Å². The van der Waals surface area contributed by atoms with E-state index in [0.29, 0.717) is 11.8 Å². The Hall–Kier alpha value is -1.06. The second-order valence-electron chi connectivity index (χ2n) is 4.53. The molecule has 0 spiro atoms. The summed E-state index contributed by atoms with van der Waals surface area (Å²) in [6, 6.07) is -0.0282. The lowest BCUT2D eigenvalue weighted by molar-refractivity contribution is 0.171. The van der Waals surface area contributed by atoms with Crippen molar-refractivity contribution in [3.8, 4) is 0 Å². The minimum Gasteiger partial charge on any atom is -0.385 e. The summed E-state index contributed by atoms with van der Waals surface area (Å²) in [4.78, 5) is 17.2.